The molecule has 170 valence electrons. The molecule has 0 aliphatic rings. The minimum absolute atomic E-state index is 0.0272. The number of amides is 2. The summed E-state index contributed by atoms with van der Waals surface area (Å²) in [5.41, 5.74) is 1.73. The lowest BCUT2D eigenvalue weighted by Crippen LogP contribution is -2.19. The molecule has 2 amide bonds. The molecule has 3 aromatic carbocycles. The second-order valence-electron chi connectivity index (χ2n) is 7.22. The molecular weight excluding hydrogens is 460 g/mol. The van der Waals surface area contributed by atoms with E-state index in [-0.39, 0.29) is 28.1 Å². The third-order valence-corrected chi connectivity index (χ3v) is 6.28. The Bertz CT molecular complexity index is 1140. The summed E-state index contributed by atoms with van der Waals surface area (Å²) in [7, 11) is 0. The van der Waals surface area contributed by atoms with E-state index in [1.807, 2.05) is 49.4 Å². The van der Waals surface area contributed by atoms with Crippen LogP contribution in [0.2, 0.25) is 5.02 Å². The van der Waals surface area contributed by atoms with Crippen molar-refractivity contribution in [2.75, 3.05) is 10.6 Å². The van der Waals surface area contributed by atoms with Crippen molar-refractivity contribution >= 4 is 52.5 Å². The van der Waals surface area contributed by atoms with Crippen LogP contribution in [0.1, 0.15) is 40.9 Å². The van der Waals surface area contributed by atoms with E-state index >= 15 is 0 Å². The number of thioether (sulfide) groups is 1. The van der Waals surface area contributed by atoms with Crippen molar-refractivity contribution in [3.8, 4) is 0 Å². The Labute approximate surface area is 201 Å². The molecule has 0 spiro atoms. The number of carbonyl (C=O) groups excluding carboxylic acids is 2. The molecule has 0 saturated heterocycles. The highest BCUT2D eigenvalue weighted by Crippen LogP contribution is 2.37. The Balaban J connectivity index is 1.81. The summed E-state index contributed by atoms with van der Waals surface area (Å²) in [5.74, 6) is -1.49. The first-order chi connectivity index (χ1) is 15.9. The number of carboxylic acid groups (broad SMARTS) is 1. The zero-order valence-electron chi connectivity index (χ0n) is 17.9. The number of anilines is 2. The highest BCUT2D eigenvalue weighted by molar-refractivity contribution is 8.00. The molecule has 3 rings (SSSR count). The molecule has 0 aliphatic heterocycles. The van der Waals surface area contributed by atoms with Gasteiger partial charge in [-0.1, -0.05) is 48.9 Å². The minimum atomic E-state index is -1.11. The summed E-state index contributed by atoms with van der Waals surface area (Å²) in [5, 5.41) is 14.5. The maximum absolute atomic E-state index is 13.2. The summed E-state index contributed by atoms with van der Waals surface area (Å²) in [6.07, 6.45) is 1.23. The van der Waals surface area contributed by atoms with Gasteiger partial charge in [0.15, 0.2) is 0 Å². The zero-order valence-corrected chi connectivity index (χ0v) is 19.5. The van der Waals surface area contributed by atoms with Gasteiger partial charge >= 0.3 is 5.97 Å². The van der Waals surface area contributed by atoms with Gasteiger partial charge in [-0.2, -0.15) is 0 Å². The summed E-state index contributed by atoms with van der Waals surface area (Å²) in [6.45, 7) is 1.94. The van der Waals surface area contributed by atoms with Crippen LogP contribution in [-0.4, -0.2) is 22.9 Å². The topological polar surface area (TPSA) is 95.5 Å². The fourth-order valence-electron chi connectivity index (χ4n) is 3.06. The van der Waals surface area contributed by atoms with Gasteiger partial charge in [-0.05, 0) is 54.4 Å². The van der Waals surface area contributed by atoms with Gasteiger partial charge in [0.25, 0.3) is 0 Å². The largest absolute Gasteiger partial charge is 0.478 e. The van der Waals surface area contributed by atoms with Gasteiger partial charge < -0.3 is 15.7 Å². The van der Waals surface area contributed by atoms with Crippen molar-refractivity contribution < 1.29 is 19.5 Å². The van der Waals surface area contributed by atoms with Crippen LogP contribution in [0.5, 0.6) is 0 Å². The van der Waals surface area contributed by atoms with E-state index in [0.29, 0.717) is 12.1 Å². The third kappa shape index (κ3) is 6.84. The number of carboxylic acids is 1. The summed E-state index contributed by atoms with van der Waals surface area (Å²) < 4.78 is 0. The van der Waals surface area contributed by atoms with Crippen molar-refractivity contribution in [2.45, 2.75) is 29.9 Å². The lowest BCUT2D eigenvalue weighted by atomic mass is 10.1. The number of halogens is 1. The quantitative estimate of drug-likeness (QED) is 0.313. The molecular formula is C25H23ClN2O4S. The van der Waals surface area contributed by atoms with Gasteiger partial charge in [0.1, 0.15) is 5.25 Å². The second-order valence-corrected chi connectivity index (χ2v) is 8.81. The maximum atomic E-state index is 13.2. The fraction of sp³-hybridized carbons (Fsp3) is 0.160. The summed E-state index contributed by atoms with van der Waals surface area (Å²) in [6, 6.07) is 20.7. The first kappa shape index (κ1) is 24.4. The van der Waals surface area contributed by atoms with Gasteiger partial charge in [0.2, 0.25) is 11.8 Å². The second kappa shape index (κ2) is 11.5. The Morgan fingerprint density at radius 1 is 0.970 bits per heavy atom. The molecule has 3 aromatic rings. The maximum Gasteiger partial charge on any atom is 0.335 e. The highest BCUT2D eigenvalue weighted by atomic mass is 35.5. The molecule has 1 atom stereocenters. The van der Waals surface area contributed by atoms with Crippen molar-refractivity contribution in [1.29, 1.82) is 0 Å². The molecule has 8 heteroatoms. The van der Waals surface area contributed by atoms with E-state index < -0.39 is 11.2 Å². The molecule has 3 N–H and O–H groups in total. The molecule has 0 heterocycles. The van der Waals surface area contributed by atoms with Gasteiger partial charge in [-0.25, -0.2) is 4.79 Å². The molecule has 0 aliphatic carbocycles. The van der Waals surface area contributed by atoms with E-state index in [9.17, 15) is 19.5 Å². The highest BCUT2D eigenvalue weighted by Gasteiger charge is 2.23. The number of hydrogen-bond donors (Lipinski definition) is 3. The Kier molecular flexibility index (Phi) is 8.52. The number of nitrogens with one attached hydrogen (secondary N) is 2. The monoisotopic (exact) mass is 482 g/mol. The van der Waals surface area contributed by atoms with Crippen LogP contribution in [0, 0.1) is 0 Å². The van der Waals surface area contributed by atoms with Crippen molar-refractivity contribution in [2.24, 2.45) is 0 Å². The molecule has 0 fully saturated rings. The lowest BCUT2D eigenvalue weighted by Gasteiger charge is -2.18. The van der Waals surface area contributed by atoms with Crippen molar-refractivity contribution in [3.05, 3.63) is 88.9 Å². The third-order valence-electron chi connectivity index (χ3n) is 4.68. The number of carbonyl (C=O) groups is 3. The number of hydrogen-bond acceptors (Lipinski definition) is 4. The van der Waals surface area contributed by atoms with Gasteiger partial charge in [-0.3, -0.25) is 9.59 Å². The SMILES string of the molecule is CCCC(=O)Nc1ccc(SC(C(=O)Nc2cc(C(=O)O)ccc2Cl)c2ccccc2)cc1. The van der Waals surface area contributed by atoms with Crippen molar-refractivity contribution in [1.82, 2.24) is 0 Å². The van der Waals surface area contributed by atoms with Crippen LogP contribution < -0.4 is 10.6 Å². The molecule has 0 radical (unpaired) electrons. The normalized spacial score (nSPS) is 11.5. The molecule has 33 heavy (non-hydrogen) atoms. The number of aromatic carboxylic acids is 1. The molecule has 0 aromatic heterocycles. The average Bonchev–Trinajstić information content (AvgIpc) is 2.80. The fourth-order valence-corrected chi connectivity index (χ4v) is 4.25. The van der Waals surface area contributed by atoms with Crippen LogP contribution in [0.3, 0.4) is 0 Å². The summed E-state index contributed by atoms with van der Waals surface area (Å²) >= 11 is 7.53. The Hall–Kier alpha value is -3.29. The van der Waals surface area contributed by atoms with E-state index in [1.165, 1.54) is 30.0 Å². The number of benzene rings is 3. The minimum Gasteiger partial charge on any atom is -0.478 e. The Morgan fingerprint density at radius 2 is 1.67 bits per heavy atom. The van der Waals surface area contributed by atoms with Crippen molar-refractivity contribution in [3.63, 3.8) is 0 Å². The standard InChI is InChI=1S/C25H23ClN2O4S/c1-2-6-22(29)27-18-10-12-19(13-11-18)33-23(16-7-4-3-5-8-16)24(30)28-21-15-17(25(31)32)9-14-20(21)26/h3-5,7-15,23H,2,6H2,1H3,(H,27,29)(H,28,30)(H,31,32). The lowest BCUT2D eigenvalue weighted by molar-refractivity contribution is -0.116. The van der Waals surface area contributed by atoms with Crippen LogP contribution in [-0.2, 0) is 9.59 Å². The summed E-state index contributed by atoms with van der Waals surface area (Å²) in [4.78, 5) is 37.2. The number of rotatable bonds is 9. The van der Waals surface area contributed by atoms with Gasteiger partial charge in [0, 0.05) is 17.0 Å². The zero-order chi connectivity index (χ0) is 23.8. The molecule has 1 unspecified atom stereocenters. The predicted octanol–water partition coefficient (Wildman–Crippen LogP) is 6.25. The molecule has 0 saturated carbocycles. The van der Waals surface area contributed by atoms with E-state index in [1.54, 1.807) is 12.1 Å². The van der Waals surface area contributed by atoms with E-state index in [2.05, 4.69) is 10.6 Å². The van der Waals surface area contributed by atoms with Crippen LogP contribution in [0.4, 0.5) is 11.4 Å². The van der Waals surface area contributed by atoms with Crippen LogP contribution in [0.25, 0.3) is 0 Å². The van der Waals surface area contributed by atoms with Gasteiger partial charge in [0.05, 0.1) is 16.3 Å². The predicted molar refractivity (Wildman–Crippen MR) is 132 cm³/mol. The smallest absolute Gasteiger partial charge is 0.335 e. The van der Waals surface area contributed by atoms with Gasteiger partial charge in [-0.15, -0.1) is 11.8 Å². The van der Waals surface area contributed by atoms with Crippen LogP contribution in [0.15, 0.2) is 77.7 Å². The molecule has 0 bridgehead atoms. The average molecular weight is 483 g/mol. The first-order valence-corrected chi connectivity index (χ1v) is 11.6. The first-order valence-electron chi connectivity index (χ1n) is 10.3. The molecule has 6 nitrogen and oxygen atoms in total. The van der Waals surface area contributed by atoms with E-state index in [0.717, 1.165) is 16.9 Å². The van der Waals surface area contributed by atoms with E-state index in [4.69, 9.17) is 11.6 Å². The van der Waals surface area contributed by atoms with Crippen LogP contribution >= 0.6 is 23.4 Å². The Morgan fingerprint density at radius 3 is 2.30 bits per heavy atom.